The molecule has 0 amide bonds. The van der Waals surface area contributed by atoms with Crippen LogP contribution in [0, 0.1) is 0 Å². The molecule has 0 saturated heterocycles. The number of anilines is 1. The van der Waals surface area contributed by atoms with E-state index in [2.05, 4.69) is 5.32 Å². The molecule has 1 heterocycles. The Morgan fingerprint density at radius 2 is 1.92 bits per heavy atom. The van der Waals surface area contributed by atoms with E-state index in [1.165, 1.54) is 23.4 Å². The number of hydrogen-bond acceptors (Lipinski definition) is 4. The van der Waals surface area contributed by atoms with Crippen LogP contribution in [0.5, 0.6) is 0 Å². The molecule has 6 heteroatoms. The number of ketones is 1. The Morgan fingerprint density at radius 1 is 1.17 bits per heavy atom. The van der Waals surface area contributed by atoms with Crippen LogP contribution >= 0.6 is 0 Å². The normalized spacial score (nSPS) is 17.9. The van der Waals surface area contributed by atoms with Gasteiger partial charge in [-0.05, 0) is 37.6 Å². The molecule has 1 aliphatic heterocycles. The van der Waals surface area contributed by atoms with E-state index in [9.17, 15) is 13.2 Å². The Labute approximate surface area is 142 Å². The fourth-order valence-electron chi connectivity index (χ4n) is 2.83. The van der Waals surface area contributed by atoms with Gasteiger partial charge in [0, 0.05) is 24.7 Å². The van der Waals surface area contributed by atoms with Crippen molar-refractivity contribution >= 4 is 21.5 Å². The summed E-state index contributed by atoms with van der Waals surface area (Å²) in [6, 6.07) is 13.7. The highest BCUT2D eigenvalue weighted by Gasteiger charge is 2.30. The predicted molar refractivity (Wildman–Crippen MR) is 93.7 cm³/mol. The first kappa shape index (κ1) is 16.7. The number of benzene rings is 2. The van der Waals surface area contributed by atoms with E-state index in [1.807, 2.05) is 31.2 Å². The quantitative estimate of drug-likeness (QED) is 0.869. The number of Topliss-reactive ketones (excluding diaryl/α,β-unsaturated/α-hetero) is 1. The van der Waals surface area contributed by atoms with Gasteiger partial charge in [-0.3, -0.25) is 9.10 Å². The summed E-state index contributed by atoms with van der Waals surface area (Å²) in [5.41, 5.74) is 2.01. The average molecular weight is 344 g/mol. The van der Waals surface area contributed by atoms with Crippen molar-refractivity contribution in [3.8, 4) is 0 Å². The first-order valence-corrected chi connectivity index (χ1v) is 9.28. The topological polar surface area (TPSA) is 66.5 Å². The number of carbonyl (C=O) groups excluding carboxylic acids is 1. The number of nitrogens with one attached hydrogen (secondary N) is 1. The largest absolute Gasteiger partial charge is 0.308 e. The van der Waals surface area contributed by atoms with E-state index in [-0.39, 0.29) is 16.7 Å². The van der Waals surface area contributed by atoms with Crippen molar-refractivity contribution in [1.82, 2.24) is 5.32 Å². The molecule has 24 heavy (non-hydrogen) atoms. The number of rotatable bonds is 3. The molecule has 5 nitrogen and oxygen atoms in total. The molecule has 0 fully saturated rings. The van der Waals surface area contributed by atoms with Crippen LogP contribution in [-0.4, -0.2) is 26.8 Å². The lowest BCUT2D eigenvalue weighted by Crippen LogP contribution is -2.39. The molecule has 3 rings (SSSR count). The minimum Gasteiger partial charge on any atom is -0.308 e. The third kappa shape index (κ3) is 3.07. The molecule has 126 valence electrons. The van der Waals surface area contributed by atoms with Gasteiger partial charge in [-0.2, -0.15) is 0 Å². The van der Waals surface area contributed by atoms with Gasteiger partial charge in [-0.25, -0.2) is 8.42 Å². The van der Waals surface area contributed by atoms with Crippen molar-refractivity contribution in [2.75, 3.05) is 10.8 Å². The summed E-state index contributed by atoms with van der Waals surface area (Å²) in [7, 11) is -3.75. The minimum absolute atomic E-state index is 0.0168. The number of nitrogens with zero attached hydrogens (tertiary/aromatic N) is 1. The smallest absolute Gasteiger partial charge is 0.264 e. The van der Waals surface area contributed by atoms with Gasteiger partial charge in [0.2, 0.25) is 0 Å². The fourth-order valence-corrected chi connectivity index (χ4v) is 4.47. The van der Waals surface area contributed by atoms with Gasteiger partial charge in [-0.1, -0.05) is 30.3 Å². The van der Waals surface area contributed by atoms with Crippen LogP contribution in [0.2, 0.25) is 0 Å². The van der Waals surface area contributed by atoms with Crippen LogP contribution < -0.4 is 9.62 Å². The zero-order valence-corrected chi connectivity index (χ0v) is 14.5. The van der Waals surface area contributed by atoms with Crippen molar-refractivity contribution in [2.24, 2.45) is 0 Å². The molecule has 1 atom stereocenters. The lowest BCUT2D eigenvalue weighted by molar-refractivity contribution is 0.101. The van der Waals surface area contributed by atoms with Crippen molar-refractivity contribution in [2.45, 2.75) is 31.3 Å². The van der Waals surface area contributed by atoms with Gasteiger partial charge in [0.05, 0.1) is 10.6 Å². The SMILES string of the molecule is CC(=O)c1cccc(S(=O)(=O)N2CC(C)NCc3ccccc32)c1. The Bertz CT molecular complexity index is 877. The van der Waals surface area contributed by atoms with Crippen LogP contribution in [0.15, 0.2) is 53.4 Å². The highest BCUT2D eigenvalue weighted by atomic mass is 32.2. The fraction of sp³-hybridized carbons (Fsp3) is 0.278. The summed E-state index contributed by atoms with van der Waals surface area (Å²) in [6.07, 6.45) is 0. The molecule has 0 saturated carbocycles. The standard InChI is InChI=1S/C18H20N2O3S/c1-13-12-20(18-9-4-3-6-16(18)11-19-13)24(22,23)17-8-5-7-15(10-17)14(2)21/h3-10,13,19H,11-12H2,1-2H3. The molecule has 1 N–H and O–H groups in total. The van der Waals surface area contributed by atoms with Crippen molar-refractivity contribution in [3.05, 3.63) is 59.7 Å². The summed E-state index contributed by atoms with van der Waals surface area (Å²) >= 11 is 0. The first-order chi connectivity index (χ1) is 11.4. The summed E-state index contributed by atoms with van der Waals surface area (Å²) in [4.78, 5) is 11.7. The Balaban J connectivity index is 2.12. The monoisotopic (exact) mass is 344 g/mol. The molecular formula is C18H20N2O3S. The summed E-state index contributed by atoms with van der Waals surface area (Å²) < 4.78 is 27.9. The van der Waals surface area contributed by atoms with Gasteiger partial charge < -0.3 is 5.32 Å². The van der Waals surface area contributed by atoms with E-state index in [0.29, 0.717) is 24.3 Å². The Hall–Kier alpha value is -2.18. The number of hydrogen-bond donors (Lipinski definition) is 1. The highest BCUT2D eigenvalue weighted by Crippen LogP contribution is 2.29. The van der Waals surface area contributed by atoms with Crippen LogP contribution in [0.3, 0.4) is 0 Å². The van der Waals surface area contributed by atoms with Crippen LogP contribution in [0.25, 0.3) is 0 Å². The first-order valence-electron chi connectivity index (χ1n) is 7.84. The second kappa shape index (κ2) is 6.37. The van der Waals surface area contributed by atoms with Gasteiger partial charge >= 0.3 is 0 Å². The Morgan fingerprint density at radius 3 is 2.67 bits per heavy atom. The second-order valence-electron chi connectivity index (χ2n) is 6.03. The van der Waals surface area contributed by atoms with Gasteiger partial charge in [0.1, 0.15) is 0 Å². The molecule has 0 aliphatic carbocycles. The molecule has 1 aliphatic rings. The summed E-state index contributed by atoms with van der Waals surface area (Å²) in [5.74, 6) is -0.154. The van der Waals surface area contributed by atoms with Crippen molar-refractivity contribution in [1.29, 1.82) is 0 Å². The van der Waals surface area contributed by atoms with Gasteiger partial charge in [0.25, 0.3) is 10.0 Å². The maximum atomic E-state index is 13.2. The number of sulfonamides is 1. The summed E-state index contributed by atoms with van der Waals surface area (Å²) in [5, 5.41) is 3.32. The highest BCUT2D eigenvalue weighted by molar-refractivity contribution is 7.92. The zero-order valence-electron chi connectivity index (χ0n) is 13.7. The van der Waals surface area contributed by atoms with E-state index < -0.39 is 10.0 Å². The lowest BCUT2D eigenvalue weighted by atomic mass is 10.2. The number of carbonyl (C=O) groups is 1. The third-order valence-electron chi connectivity index (χ3n) is 4.17. The van der Waals surface area contributed by atoms with Gasteiger partial charge in [-0.15, -0.1) is 0 Å². The average Bonchev–Trinajstić information content (AvgIpc) is 2.75. The zero-order chi connectivity index (χ0) is 17.3. The van der Waals surface area contributed by atoms with Crippen LogP contribution in [-0.2, 0) is 16.6 Å². The van der Waals surface area contributed by atoms with E-state index in [0.717, 1.165) is 5.56 Å². The van der Waals surface area contributed by atoms with Crippen molar-refractivity contribution < 1.29 is 13.2 Å². The van der Waals surface area contributed by atoms with Crippen molar-refractivity contribution in [3.63, 3.8) is 0 Å². The maximum absolute atomic E-state index is 13.2. The maximum Gasteiger partial charge on any atom is 0.264 e. The Kier molecular flexibility index (Phi) is 4.43. The van der Waals surface area contributed by atoms with E-state index >= 15 is 0 Å². The van der Waals surface area contributed by atoms with E-state index in [1.54, 1.807) is 12.1 Å². The van der Waals surface area contributed by atoms with Crippen LogP contribution in [0.4, 0.5) is 5.69 Å². The molecule has 0 radical (unpaired) electrons. The van der Waals surface area contributed by atoms with E-state index in [4.69, 9.17) is 0 Å². The number of fused-ring (bicyclic) bond motifs is 1. The second-order valence-corrected chi connectivity index (χ2v) is 7.89. The molecule has 2 aromatic carbocycles. The number of para-hydroxylation sites is 1. The molecule has 0 bridgehead atoms. The summed E-state index contributed by atoms with van der Waals surface area (Å²) in [6.45, 7) is 4.35. The molecule has 2 aromatic rings. The predicted octanol–water partition coefficient (Wildman–Crippen LogP) is 2.58. The minimum atomic E-state index is -3.75. The molecule has 0 spiro atoms. The van der Waals surface area contributed by atoms with Gasteiger partial charge in [0.15, 0.2) is 5.78 Å². The molecular weight excluding hydrogens is 324 g/mol. The molecule has 0 aromatic heterocycles. The lowest BCUT2D eigenvalue weighted by Gasteiger charge is -2.26. The van der Waals surface area contributed by atoms with Crippen LogP contribution in [0.1, 0.15) is 29.8 Å². The molecule has 1 unspecified atom stereocenters. The third-order valence-corrected chi connectivity index (χ3v) is 5.95.